The second-order valence-electron chi connectivity index (χ2n) is 5.41. The average Bonchev–Trinajstić information content (AvgIpc) is 2.93. The summed E-state index contributed by atoms with van der Waals surface area (Å²) >= 11 is 10.00. The Bertz CT molecular complexity index is 819. The van der Waals surface area contributed by atoms with Gasteiger partial charge in [0.15, 0.2) is 0 Å². The Hall–Kier alpha value is -1.56. The van der Waals surface area contributed by atoms with Crippen LogP contribution in [0.5, 0.6) is 5.75 Å². The summed E-state index contributed by atoms with van der Waals surface area (Å²) < 4.78 is 6.96. The van der Waals surface area contributed by atoms with Crippen molar-refractivity contribution in [2.24, 2.45) is 7.05 Å². The summed E-state index contributed by atoms with van der Waals surface area (Å²) in [4.78, 5) is 2.42. The Morgan fingerprint density at radius 3 is 2.28 bits per heavy atom. The summed E-state index contributed by atoms with van der Waals surface area (Å²) in [6.07, 6.45) is 0. The van der Waals surface area contributed by atoms with Gasteiger partial charge in [0, 0.05) is 33.9 Å². The first-order chi connectivity index (χ1) is 12.2. The van der Waals surface area contributed by atoms with Crippen LogP contribution in [0.2, 0.25) is 5.15 Å². The van der Waals surface area contributed by atoms with Crippen molar-refractivity contribution in [3.8, 4) is 5.75 Å². The van der Waals surface area contributed by atoms with Crippen LogP contribution in [0.3, 0.4) is 0 Å². The summed E-state index contributed by atoms with van der Waals surface area (Å²) in [6.45, 7) is 0. The van der Waals surface area contributed by atoms with Crippen LogP contribution in [0.1, 0.15) is 11.3 Å². The summed E-state index contributed by atoms with van der Waals surface area (Å²) in [6, 6.07) is 18.4. The zero-order chi connectivity index (χ0) is 17.6. The molecule has 3 nitrogen and oxygen atoms in total. The maximum atomic E-state index is 6.47. The normalized spacial score (nSPS) is 10.8. The van der Waals surface area contributed by atoms with Crippen LogP contribution in [0.4, 0.5) is 0 Å². The first-order valence-corrected chi connectivity index (χ1v) is 10.2. The molecular formula is C19H19ClN2OS2. The SMILES string of the molecule is COc1ccc(SCc2c(CSc3ccccc3)nn(C)c2Cl)cc1. The first-order valence-electron chi connectivity index (χ1n) is 7.82. The van der Waals surface area contributed by atoms with E-state index in [-0.39, 0.29) is 0 Å². The van der Waals surface area contributed by atoms with Crippen LogP contribution in [0.15, 0.2) is 64.4 Å². The highest BCUT2D eigenvalue weighted by Gasteiger charge is 2.15. The largest absolute Gasteiger partial charge is 0.497 e. The number of rotatable bonds is 7. The standard InChI is InChI=1S/C19H19ClN2OS2/c1-22-19(20)17(12-24-16-10-8-14(23-2)9-11-16)18(21-22)13-25-15-6-4-3-5-7-15/h3-11H,12-13H2,1-2H3. The molecule has 0 aliphatic carbocycles. The summed E-state index contributed by atoms with van der Waals surface area (Å²) in [5.74, 6) is 2.47. The van der Waals surface area contributed by atoms with Gasteiger partial charge in [-0.3, -0.25) is 4.68 Å². The maximum absolute atomic E-state index is 6.47. The molecule has 0 saturated carbocycles. The number of hydrogen-bond acceptors (Lipinski definition) is 4. The molecule has 1 aromatic heterocycles. The van der Waals surface area contributed by atoms with Gasteiger partial charge in [0.2, 0.25) is 0 Å². The molecule has 0 radical (unpaired) electrons. The number of methoxy groups -OCH3 is 1. The molecule has 0 unspecified atom stereocenters. The van der Waals surface area contributed by atoms with Crippen molar-refractivity contribution in [2.45, 2.75) is 21.3 Å². The van der Waals surface area contributed by atoms with E-state index in [0.717, 1.165) is 28.5 Å². The fourth-order valence-corrected chi connectivity index (χ4v) is 4.48. The van der Waals surface area contributed by atoms with Crippen LogP contribution < -0.4 is 4.74 Å². The smallest absolute Gasteiger partial charge is 0.131 e. The number of aromatic nitrogens is 2. The predicted octanol–water partition coefficient (Wildman–Crippen LogP) is 5.67. The van der Waals surface area contributed by atoms with Gasteiger partial charge in [0.25, 0.3) is 0 Å². The van der Waals surface area contributed by atoms with E-state index in [9.17, 15) is 0 Å². The van der Waals surface area contributed by atoms with E-state index in [2.05, 4.69) is 29.4 Å². The molecular weight excluding hydrogens is 372 g/mol. The zero-order valence-corrected chi connectivity index (χ0v) is 16.5. The predicted molar refractivity (Wildman–Crippen MR) is 107 cm³/mol. The van der Waals surface area contributed by atoms with Gasteiger partial charge in [-0.1, -0.05) is 29.8 Å². The second kappa shape index (κ2) is 8.70. The van der Waals surface area contributed by atoms with Crippen molar-refractivity contribution in [3.05, 3.63) is 71.0 Å². The molecule has 0 fully saturated rings. The number of hydrogen-bond donors (Lipinski definition) is 0. The molecule has 0 saturated heterocycles. The zero-order valence-electron chi connectivity index (χ0n) is 14.1. The first kappa shape index (κ1) is 18.2. The van der Waals surface area contributed by atoms with E-state index in [1.165, 1.54) is 9.79 Å². The summed E-state index contributed by atoms with van der Waals surface area (Å²) in [7, 11) is 3.56. The Labute approximate surface area is 161 Å². The van der Waals surface area contributed by atoms with Crippen molar-refractivity contribution >= 4 is 35.1 Å². The molecule has 25 heavy (non-hydrogen) atoms. The van der Waals surface area contributed by atoms with E-state index in [1.54, 1.807) is 35.3 Å². The van der Waals surface area contributed by atoms with E-state index >= 15 is 0 Å². The quantitative estimate of drug-likeness (QED) is 0.486. The molecule has 6 heteroatoms. The molecule has 3 aromatic rings. The van der Waals surface area contributed by atoms with Crippen LogP contribution in [-0.4, -0.2) is 16.9 Å². The topological polar surface area (TPSA) is 27.1 Å². The molecule has 3 rings (SSSR count). The van der Waals surface area contributed by atoms with Gasteiger partial charge in [-0.15, -0.1) is 23.5 Å². The third-order valence-electron chi connectivity index (χ3n) is 3.71. The van der Waals surface area contributed by atoms with E-state index in [4.69, 9.17) is 16.3 Å². The van der Waals surface area contributed by atoms with E-state index in [0.29, 0.717) is 5.15 Å². The number of aryl methyl sites for hydroxylation is 1. The fourth-order valence-electron chi connectivity index (χ4n) is 2.35. The van der Waals surface area contributed by atoms with Crippen molar-refractivity contribution in [3.63, 3.8) is 0 Å². The van der Waals surface area contributed by atoms with Crippen LogP contribution in [0, 0.1) is 0 Å². The minimum absolute atomic E-state index is 0.713. The second-order valence-corrected chi connectivity index (χ2v) is 7.86. The highest BCUT2D eigenvalue weighted by atomic mass is 35.5. The minimum Gasteiger partial charge on any atom is -0.497 e. The van der Waals surface area contributed by atoms with Crippen LogP contribution in [-0.2, 0) is 18.6 Å². The monoisotopic (exact) mass is 390 g/mol. The third-order valence-corrected chi connectivity index (χ3v) is 6.25. The van der Waals surface area contributed by atoms with Crippen molar-refractivity contribution in [2.75, 3.05) is 7.11 Å². The highest BCUT2D eigenvalue weighted by Crippen LogP contribution is 2.32. The molecule has 0 bridgehead atoms. The molecule has 0 aliphatic heterocycles. The Morgan fingerprint density at radius 1 is 0.960 bits per heavy atom. The van der Waals surface area contributed by atoms with E-state index < -0.39 is 0 Å². The van der Waals surface area contributed by atoms with Gasteiger partial charge in [-0.25, -0.2) is 0 Å². The number of benzene rings is 2. The van der Waals surface area contributed by atoms with Crippen LogP contribution in [0.25, 0.3) is 0 Å². The highest BCUT2D eigenvalue weighted by molar-refractivity contribution is 7.99. The van der Waals surface area contributed by atoms with Gasteiger partial charge < -0.3 is 4.74 Å². The Balaban J connectivity index is 1.69. The van der Waals surface area contributed by atoms with Gasteiger partial charge in [-0.05, 0) is 36.4 Å². The van der Waals surface area contributed by atoms with Gasteiger partial charge in [0.1, 0.15) is 10.9 Å². The molecule has 0 amide bonds. The Morgan fingerprint density at radius 2 is 1.60 bits per heavy atom. The molecule has 0 atom stereocenters. The molecule has 130 valence electrons. The lowest BCUT2D eigenvalue weighted by Gasteiger charge is -2.05. The van der Waals surface area contributed by atoms with Crippen molar-refractivity contribution in [1.29, 1.82) is 0 Å². The summed E-state index contributed by atoms with van der Waals surface area (Å²) in [5, 5.41) is 5.31. The average molecular weight is 391 g/mol. The van der Waals surface area contributed by atoms with Gasteiger partial charge >= 0.3 is 0 Å². The molecule has 0 aliphatic rings. The fraction of sp³-hybridized carbons (Fsp3) is 0.211. The van der Waals surface area contributed by atoms with Crippen LogP contribution >= 0.6 is 35.1 Å². The van der Waals surface area contributed by atoms with Crippen molar-refractivity contribution in [1.82, 2.24) is 9.78 Å². The molecule has 0 N–H and O–H groups in total. The van der Waals surface area contributed by atoms with E-state index in [1.807, 2.05) is 37.4 Å². The molecule has 1 heterocycles. The van der Waals surface area contributed by atoms with Gasteiger partial charge in [0.05, 0.1) is 12.8 Å². The molecule has 2 aromatic carbocycles. The lowest BCUT2D eigenvalue weighted by Crippen LogP contribution is -1.91. The minimum atomic E-state index is 0.713. The van der Waals surface area contributed by atoms with Crippen molar-refractivity contribution < 1.29 is 4.74 Å². The number of thioether (sulfide) groups is 2. The number of halogens is 1. The lowest BCUT2D eigenvalue weighted by atomic mass is 10.3. The Kier molecular flexibility index (Phi) is 6.34. The number of nitrogens with zero attached hydrogens (tertiary/aromatic N) is 2. The van der Waals surface area contributed by atoms with Gasteiger partial charge in [-0.2, -0.15) is 5.10 Å². The molecule has 0 spiro atoms. The third kappa shape index (κ3) is 4.75. The maximum Gasteiger partial charge on any atom is 0.131 e. The number of ether oxygens (including phenoxy) is 1. The summed E-state index contributed by atoms with van der Waals surface area (Å²) in [5.41, 5.74) is 2.15. The lowest BCUT2D eigenvalue weighted by molar-refractivity contribution is 0.414.